The number of rotatable bonds is 7. The van der Waals surface area contributed by atoms with Gasteiger partial charge in [0.2, 0.25) is 0 Å². The van der Waals surface area contributed by atoms with Crippen molar-refractivity contribution in [1.82, 2.24) is 14.7 Å². The Morgan fingerprint density at radius 2 is 1.79 bits per heavy atom. The third-order valence-electron chi connectivity index (χ3n) is 5.13. The Labute approximate surface area is 165 Å². The van der Waals surface area contributed by atoms with E-state index in [4.69, 9.17) is 9.84 Å². The van der Waals surface area contributed by atoms with Crippen LogP contribution in [0, 0.1) is 0 Å². The van der Waals surface area contributed by atoms with Gasteiger partial charge < -0.3 is 9.64 Å². The highest BCUT2D eigenvalue weighted by Gasteiger charge is 2.28. The summed E-state index contributed by atoms with van der Waals surface area (Å²) in [6.07, 6.45) is 3.75. The van der Waals surface area contributed by atoms with Gasteiger partial charge in [0, 0.05) is 24.8 Å². The molecule has 0 atom stereocenters. The van der Waals surface area contributed by atoms with Gasteiger partial charge in [0.25, 0.3) is 5.91 Å². The average Bonchev–Trinajstić information content (AvgIpc) is 3.35. The van der Waals surface area contributed by atoms with Crippen molar-refractivity contribution in [2.24, 2.45) is 0 Å². The summed E-state index contributed by atoms with van der Waals surface area (Å²) < 4.78 is 7.67. The first kappa shape index (κ1) is 18.3. The minimum absolute atomic E-state index is 0.00691. The molecule has 1 heterocycles. The maximum absolute atomic E-state index is 13.0. The fourth-order valence-corrected chi connectivity index (χ4v) is 3.68. The molecule has 0 N–H and O–H groups in total. The molecule has 144 valence electrons. The number of carbonyl (C=O) groups excluding carboxylic acids is 1. The second kappa shape index (κ2) is 8.30. The van der Waals surface area contributed by atoms with E-state index in [1.165, 1.54) is 5.69 Å². The predicted octanol–water partition coefficient (Wildman–Crippen LogP) is 3.90. The molecule has 1 amide bonds. The first-order valence-electron chi connectivity index (χ1n) is 9.83. The van der Waals surface area contributed by atoms with Gasteiger partial charge in [-0.1, -0.05) is 36.4 Å². The van der Waals surface area contributed by atoms with Crippen molar-refractivity contribution in [3.63, 3.8) is 0 Å². The first-order valence-corrected chi connectivity index (χ1v) is 9.83. The minimum atomic E-state index is -0.00691. The lowest BCUT2D eigenvalue weighted by atomic mass is 10.2. The van der Waals surface area contributed by atoms with Crippen LogP contribution in [0.3, 0.4) is 0 Å². The first-order chi connectivity index (χ1) is 13.7. The number of para-hydroxylation sites is 2. The second-order valence-corrected chi connectivity index (χ2v) is 7.12. The molecular weight excluding hydrogens is 350 g/mol. The lowest BCUT2D eigenvalue weighted by Crippen LogP contribution is -2.29. The molecule has 2 aromatic carbocycles. The van der Waals surface area contributed by atoms with E-state index in [0.717, 1.165) is 42.7 Å². The fraction of sp³-hybridized carbons (Fsp3) is 0.304. The van der Waals surface area contributed by atoms with Crippen LogP contribution in [0.1, 0.15) is 34.6 Å². The molecule has 0 unspecified atom stereocenters. The fourth-order valence-electron chi connectivity index (χ4n) is 3.68. The number of nitrogens with zero attached hydrogens (tertiary/aromatic N) is 3. The molecule has 0 saturated carbocycles. The Balaban J connectivity index is 1.42. The quantitative estimate of drug-likeness (QED) is 0.589. The number of hydrogen-bond donors (Lipinski definition) is 0. The molecule has 0 fully saturated rings. The van der Waals surface area contributed by atoms with E-state index in [2.05, 4.69) is 0 Å². The van der Waals surface area contributed by atoms with Gasteiger partial charge in [0.05, 0.1) is 12.3 Å². The van der Waals surface area contributed by atoms with Gasteiger partial charge in [-0.3, -0.25) is 4.79 Å². The standard InChI is InChI=1S/C23H25N3O2/c1-25(16-9-17-28-19-12-6-3-7-13-19)23(27)22-20-14-8-15-21(20)26(24-22)18-10-4-2-5-11-18/h2-7,10-13H,8-9,14-17H2,1H3. The predicted molar refractivity (Wildman–Crippen MR) is 109 cm³/mol. The van der Waals surface area contributed by atoms with Crippen molar-refractivity contribution in [1.29, 1.82) is 0 Å². The third-order valence-corrected chi connectivity index (χ3v) is 5.13. The smallest absolute Gasteiger partial charge is 0.274 e. The molecule has 0 radical (unpaired) electrons. The van der Waals surface area contributed by atoms with E-state index in [-0.39, 0.29) is 5.91 Å². The summed E-state index contributed by atoms with van der Waals surface area (Å²) in [5.74, 6) is 0.850. The normalized spacial score (nSPS) is 12.6. The Morgan fingerprint density at radius 3 is 2.54 bits per heavy atom. The SMILES string of the molecule is CN(CCCOc1ccccc1)C(=O)c1nn(-c2ccccc2)c2c1CCC2. The minimum Gasteiger partial charge on any atom is -0.494 e. The van der Waals surface area contributed by atoms with E-state index < -0.39 is 0 Å². The monoisotopic (exact) mass is 375 g/mol. The second-order valence-electron chi connectivity index (χ2n) is 7.12. The zero-order valence-electron chi connectivity index (χ0n) is 16.2. The molecule has 1 aromatic heterocycles. The number of carbonyl (C=O) groups is 1. The number of hydrogen-bond acceptors (Lipinski definition) is 3. The summed E-state index contributed by atoms with van der Waals surface area (Å²) in [5, 5.41) is 4.69. The van der Waals surface area contributed by atoms with Crippen LogP contribution in [0.15, 0.2) is 60.7 Å². The number of benzene rings is 2. The van der Waals surface area contributed by atoms with Crippen LogP contribution in [0.2, 0.25) is 0 Å². The van der Waals surface area contributed by atoms with Crippen molar-refractivity contribution in [2.45, 2.75) is 25.7 Å². The van der Waals surface area contributed by atoms with Gasteiger partial charge in [-0.05, 0) is 49.9 Å². The zero-order valence-corrected chi connectivity index (χ0v) is 16.2. The molecule has 0 saturated heterocycles. The van der Waals surface area contributed by atoms with Gasteiger partial charge in [-0.2, -0.15) is 5.10 Å². The molecule has 0 aliphatic heterocycles. The van der Waals surface area contributed by atoms with Crippen LogP contribution in [0.5, 0.6) is 5.75 Å². The van der Waals surface area contributed by atoms with E-state index in [1.54, 1.807) is 4.90 Å². The lowest BCUT2D eigenvalue weighted by Gasteiger charge is -2.16. The highest BCUT2D eigenvalue weighted by molar-refractivity contribution is 5.94. The number of amides is 1. The molecule has 3 aromatic rings. The van der Waals surface area contributed by atoms with E-state index in [9.17, 15) is 4.79 Å². The van der Waals surface area contributed by atoms with Crippen molar-refractivity contribution in [3.8, 4) is 11.4 Å². The van der Waals surface area contributed by atoms with Gasteiger partial charge in [-0.25, -0.2) is 4.68 Å². The van der Waals surface area contributed by atoms with Crippen LogP contribution in [0.25, 0.3) is 5.69 Å². The van der Waals surface area contributed by atoms with E-state index >= 15 is 0 Å². The Hall–Kier alpha value is -3.08. The van der Waals surface area contributed by atoms with Crippen LogP contribution < -0.4 is 4.74 Å². The molecule has 0 bridgehead atoms. The summed E-state index contributed by atoms with van der Waals surface area (Å²) >= 11 is 0. The van der Waals surface area contributed by atoms with Crippen LogP contribution >= 0.6 is 0 Å². The van der Waals surface area contributed by atoms with Crippen molar-refractivity contribution < 1.29 is 9.53 Å². The molecular formula is C23H25N3O2. The van der Waals surface area contributed by atoms with Crippen molar-refractivity contribution in [2.75, 3.05) is 20.2 Å². The van der Waals surface area contributed by atoms with Gasteiger partial charge in [0.1, 0.15) is 5.75 Å². The Bertz CT molecular complexity index is 935. The third kappa shape index (κ3) is 3.79. The van der Waals surface area contributed by atoms with E-state index in [1.807, 2.05) is 72.4 Å². The average molecular weight is 375 g/mol. The maximum atomic E-state index is 13.0. The molecule has 5 nitrogen and oxygen atoms in total. The lowest BCUT2D eigenvalue weighted by molar-refractivity contribution is 0.0780. The zero-order chi connectivity index (χ0) is 19.3. The van der Waals surface area contributed by atoms with Crippen LogP contribution in [0.4, 0.5) is 0 Å². The highest BCUT2D eigenvalue weighted by atomic mass is 16.5. The van der Waals surface area contributed by atoms with Crippen LogP contribution in [-0.2, 0) is 12.8 Å². The number of fused-ring (bicyclic) bond motifs is 1. The van der Waals surface area contributed by atoms with Crippen molar-refractivity contribution >= 4 is 5.91 Å². The number of aromatic nitrogens is 2. The summed E-state index contributed by atoms with van der Waals surface area (Å²) in [6.45, 7) is 1.22. The maximum Gasteiger partial charge on any atom is 0.274 e. The summed E-state index contributed by atoms with van der Waals surface area (Å²) in [7, 11) is 1.84. The molecule has 1 aliphatic carbocycles. The number of ether oxygens (including phenoxy) is 1. The Kier molecular flexibility index (Phi) is 5.42. The molecule has 4 rings (SSSR count). The van der Waals surface area contributed by atoms with Gasteiger partial charge in [-0.15, -0.1) is 0 Å². The summed E-state index contributed by atoms with van der Waals surface area (Å²) in [4.78, 5) is 14.8. The largest absolute Gasteiger partial charge is 0.494 e. The topological polar surface area (TPSA) is 47.4 Å². The molecule has 0 spiro atoms. The highest BCUT2D eigenvalue weighted by Crippen LogP contribution is 2.28. The summed E-state index contributed by atoms with van der Waals surface area (Å²) in [6, 6.07) is 19.8. The Morgan fingerprint density at radius 1 is 1.07 bits per heavy atom. The van der Waals surface area contributed by atoms with Gasteiger partial charge >= 0.3 is 0 Å². The molecule has 5 heteroatoms. The van der Waals surface area contributed by atoms with Crippen molar-refractivity contribution in [3.05, 3.63) is 77.6 Å². The molecule has 1 aliphatic rings. The molecule has 28 heavy (non-hydrogen) atoms. The van der Waals surface area contributed by atoms with E-state index in [0.29, 0.717) is 18.8 Å². The van der Waals surface area contributed by atoms with Gasteiger partial charge in [0.15, 0.2) is 5.69 Å². The summed E-state index contributed by atoms with van der Waals surface area (Å²) in [5.41, 5.74) is 3.90. The van der Waals surface area contributed by atoms with Crippen LogP contribution in [-0.4, -0.2) is 40.8 Å².